The minimum atomic E-state index is -0.0655. The van der Waals surface area contributed by atoms with Crippen LogP contribution in [0.15, 0.2) is 48.5 Å². The molecule has 3 atom stereocenters. The SMILES string of the molecule is c1ccc2c(c1)C(OC1CCCCO1)c1ccccc1C1CC21. The van der Waals surface area contributed by atoms with E-state index in [2.05, 4.69) is 48.5 Å². The second-order valence-corrected chi connectivity index (χ2v) is 7.02. The first-order valence-electron chi connectivity index (χ1n) is 8.86. The van der Waals surface area contributed by atoms with Gasteiger partial charge in [0.1, 0.15) is 6.10 Å². The fourth-order valence-electron chi connectivity index (χ4n) is 4.34. The van der Waals surface area contributed by atoms with Crippen LogP contribution in [0.25, 0.3) is 0 Å². The lowest BCUT2D eigenvalue weighted by Crippen LogP contribution is -2.25. The lowest BCUT2D eigenvalue weighted by atomic mass is 9.94. The highest BCUT2D eigenvalue weighted by Gasteiger charge is 2.46. The van der Waals surface area contributed by atoms with Crippen molar-refractivity contribution in [1.82, 2.24) is 0 Å². The summed E-state index contributed by atoms with van der Waals surface area (Å²) in [5.74, 6) is 1.35. The van der Waals surface area contributed by atoms with Crippen LogP contribution >= 0.6 is 0 Å². The summed E-state index contributed by atoms with van der Waals surface area (Å²) in [6, 6.07) is 17.7. The van der Waals surface area contributed by atoms with Crippen molar-refractivity contribution in [3.63, 3.8) is 0 Å². The molecule has 0 aromatic heterocycles. The fraction of sp³-hybridized carbons (Fsp3) is 0.429. The van der Waals surface area contributed by atoms with Gasteiger partial charge in [-0.05, 0) is 59.8 Å². The third-order valence-electron chi connectivity index (χ3n) is 5.57. The predicted octanol–water partition coefficient (Wildman–Crippen LogP) is 4.90. The molecular formula is C21H22O2. The van der Waals surface area contributed by atoms with Gasteiger partial charge in [-0.3, -0.25) is 0 Å². The molecule has 5 rings (SSSR count). The first-order valence-corrected chi connectivity index (χ1v) is 8.86. The molecule has 118 valence electrons. The molecule has 3 aliphatic rings. The highest BCUT2D eigenvalue weighted by molar-refractivity contribution is 5.51. The van der Waals surface area contributed by atoms with Gasteiger partial charge in [0.05, 0.1) is 0 Å². The Morgan fingerprint density at radius 1 is 0.783 bits per heavy atom. The maximum Gasteiger partial charge on any atom is 0.158 e. The molecule has 1 aliphatic heterocycles. The maximum atomic E-state index is 6.51. The van der Waals surface area contributed by atoms with Gasteiger partial charge in [0.15, 0.2) is 6.29 Å². The Morgan fingerprint density at radius 3 is 1.96 bits per heavy atom. The van der Waals surface area contributed by atoms with Crippen molar-refractivity contribution in [2.75, 3.05) is 6.61 Å². The molecule has 2 heteroatoms. The van der Waals surface area contributed by atoms with Gasteiger partial charge in [-0.25, -0.2) is 0 Å². The molecule has 2 aromatic carbocycles. The predicted molar refractivity (Wildman–Crippen MR) is 89.5 cm³/mol. The minimum absolute atomic E-state index is 0.0123. The molecule has 23 heavy (non-hydrogen) atoms. The third kappa shape index (κ3) is 2.32. The summed E-state index contributed by atoms with van der Waals surface area (Å²) >= 11 is 0. The van der Waals surface area contributed by atoms with Crippen LogP contribution in [0, 0.1) is 0 Å². The van der Waals surface area contributed by atoms with Crippen LogP contribution in [-0.2, 0) is 9.47 Å². The summed E-state index contributed by atoms with van der Waals surface area (Å²) in [5.41, 5.74) is 5.65. The van der Waals surface area contributed by atoms with E-state index in [0.717, 1.165) is 19.4 Å². The number of fused-ring (bicyclic) bond motifs is 5. The number of hydrogen-bond donors (Lipinski definition) is 0. The van der Waals surface area contributed by atoms with Crippen molar-refractivity contribution in [1.29, 1.82) is 0 Å². The summed E-state index contributed by atoms with van der Waals surface area (Å²) in [6.45, 7) is 0.825. The van der Waals surface area contributed by atoms with Crippen molar-refractivity contribution in [3.8, 4) is 0 Å². The molecule has 3 unspecified atom stereocenters. The molecule has 0 amide bonds. The summed E-state index contributed by atoms with van der Waals surface area (Å²) < 4.78 is 12.4. The van der Waals surface area contributed by atoms with E-state index in [-0.39, 0.29) is 12.4 Å². The fourth-order valence-corrected chi connectivity index (χ4v) is 4.34. The van der Waals surface area contributed by atoms with Crippen molar-refractivity contribution >= 4 is 0 Å². The van der Waals surface area contributed by atoms with Crippen molar-refractivity contribution in [2.45, 2.75) is 49.9 Å². The molecule has 1 saturated carbocycles. The lowest BCUT2D eigenvalue weighted by Gasteiger charge is -2.29. The van der Waals surface area contributed by atoms with Crippen LogP contribution in [0.3, 0.4) is 0 Å². The van der Waals surface area contributed by atoms with E-state index >= 15 is 0 Å². The Hall–Kier alpha value is -1.64. The molecule has 2 aliphatic carbocycles. The Kier molecular flexibility index (Phi) is 3.27. The van der Waals surface area contributed by atoms with Gasteiger partial charge >= 0.3 is 0 Å². The lowest BCUT2D eigenvalue weighted by molar-refractivity contribution is -0.181. The number of ether oxygens (including phenoxy) is 2. The highest BCUT2D eigenvalue weighted by atomic mass is 16.7. The second kappa shape index (κ2) is 5.47. The van der Waals surface area contributed by atoms with E-state index in [9.17, 15) is 0 Å². The Labute approximate surface area is 137 Å². The van der Waals surface area contributed by atoms with Crippen molar-refractivity contribution in [2.24, 2.45) is 0 Å². The summed E-state index contributed by atoms with van der Waals surface area (Å²) in [6.07, 6.45) is 4.59. The summed E-state index contributed by atoms with van der Waals surface area (Å²) in [4.78, 5) is 0. The third-order valence-corrected chi connectivity index (χ3v) is 5.57. The van der Waals surface area contributed by atoms with Crippen LogP contribution < -0.4 is 0 Å². The van der Waals surface area contributed by atoms with Crippen LogP contribution in [-0.4, -0.2) is 12.9 Å². The van der Waals surface area contributed by atoms with E-state index in [4.69, 9.17) is 9.47 Å². The van der Waals surface area contributed by atoms with Crippen LogP contribution in [0.1, 0.15) is 65.9 Å². The van der Waals surface area contributed by atoms with Gasteiger partial charge in [-0.1, -0.05) is 48.5 Å². The maximum absolute atomic E-state index is 6.51. The molecule has 0 N–H and O–H groups in total. The number of rotatable bonds is 2. The van der Waals surface area contributed by atoms with E-state index in [1.807, 2.05) is 0 Å². The molecule has 1 heterocycles. The normalized spacial score (nSPS) is 31.5. The van der Waals surface area contributed by atoms with Gasteiger partial charge in [0.2, 0.25) is 0 Å². The Bertz CT molecular complexity index is 666. The average molecular weight is 306 g/mol. The zero-order valence-corrected chi connectivity index (χ0v) is 13.3. The average Bonchev–Trinajstić information content (AvgIpc) is 3.41. The van der Waals surface area contributed by atoms with Gasteiger partial charge < -0.3 is 9.47 Å². The number of benzene rings is 2. The monoisotopic (exact) mass is 306 g/mol. The number of hydrogen-bond acceptors (Lipinski definition) is 2. The van der Waals surface area contributed by atoms with Crippen molar-refractivity contribution in [3.05, 3.63) is 70.8 Å². The summed E-state index contributed by atoms with van der Waals surface area (Å²) in [7, 11) is 0. The molecule has 2 fully saturated rings. The largest absolute Gasteiger partial charge is 0.353 e. The van der Waals surface area contributed by atoms with Crippen molar-refractivity contribution < 1.29 is 9.47 Å². The van der Waals surface area contributed by atoms with Crippen LogP contribution in [0.5, 0.6) is 0 Å². The van der Waals surface area contributed by atoms with E-state index in [1.165, 1.54) is 35.1 Å². The van der Waals surface area contributed by atoms with Gasteiger partial charge in [-0.15, -0.1) is 0 Å². The zero-order chi connectivity index (χ0) is 15.2. The molecule has 2 nitrogen and oxygen atoms in total. The van der Waals surface area contributed by atoms with Gasteiger partial charge in [0.25, 0.3) is 0 Å². The standard InChI is InChI=1S/C21H22O2/c1-3-9-16-14(7-1)18-13-19(18)15-8-2-4-10-17(15)21(16)23-20-11-5-6-12-22-20/h1-4,7-10,18-21H,5-6,11-13H2. The second-order valence-electron chi connectivity index (χ2n) is 7.02. The molecule has 2 aromatic rings. The molecule has 0 radical (unpaired) electrons. The van der Waals surface area contributed by atoms with Crippen LogP contribution in [0.4, 0.5) is 0 Å². The van der Waals surface area contributed by atoms with Gasteiger partial charge in [0, 0.05) is 6.61 Å². The molecular weight excluding hydrogens is 284 g/mol. The smallest absolute Gasteiger partial charge is 0.158 e. The Morgan fingerprint density at radius 2 is 1.39 bits per heavy atom. The zero-order valence-electron chi connectivity index (χ0n) is 13.3. The topological polar surface area (TPSA) is 18.5 Å². The van der Waals surface area contributed by atoms with E-state index in [1.54, 1.807) is 0 Å². The quantitative estimate of drug-likeness (QED) is 0.785. The molecule has 0 bridgehead atoms. The minimum Gasteiger partial charge on any atom is -0.353 e. The highest BCUT2D eigenvalue weighted by Crippen LogP contribution is 2.60. The Balaban J connectivity index is 1.59. The molecule has 1 saturated heterocycles. The first kappa shape index (κ1) is 13.8. The van der Waals surface area contributed by atoms with E-state index in [0.29, 0.717) is 11.8 Å². The summed E-state index contributed by atoms with van der Waals surface area (Å²) in [5, 5.41) is 0. The van der Waals surface area contributed by atoms with Crippen LogP contribution in [0.2, 0.25) is 0 Å². The van der Waals surface area contributed by atoms with Gasteiger partial charge in [-0.2, -0.15) is 0 Å². The molecule has 0 spiro atoms. The van der Waals surface area contributed by atoms with E-state index < -0.39 is 0 Å². The first-order chi connectivity index (χ1) is 11.4.